The van der Waals surface area contributed by atoms with Gasteiger partial charge in [0.05, 0.1) is 16.9 Å². The van der Waals surface area contributed by atoms with E-state index in [1.54, 1.807) is 52.0 Å². The van der Waals surface area contributed by atoms with Crippen LogP contribution in [0.4, 0.5) is 0 Å². The summed E-state index contributed by atoms with van der Waals surface area (Å²) in [5.41, 5.74) is 7.44. The molecule has 0 unspecified atom stereocenters. The van der Waals surface area contributed by atoms with Crippen LogP contribution in [-0.4, -0.2) is 41.6 Å². The number of hydrogen-bond acceptors (Lipinski definition) is 7. The topological polar surface area (TPSA) is 112 Å². The highest BCUT2D eigenvalue weighted by molar-refractivity contribution is 7.94. The average Bonchev–Trinajstić information content (AvgIpc) is 2.84. The van der Waals surface area contributed by atoms with E-state index in [1.807, 2.05) is 0 Å². The fourth-order valence-electron chi connectivity index (χ4n) is 4.52. The quantitative estimate of drug-likeness (QED) is 0.681. The minimum atomic E-state index is -3.65. The number of sulfone groups is 1. The second-order valence-corrected chi connectivity index (χ2v) is 12.2. The number of aliphatic imine (C=N–C) groups is 1. The number of halogens is 1. The maximum atomic E-state index is 13.5. The van der Waals surface area contributed by atoms with Gasteiger partial charge in [-0.1, -0.05) is 17.7 Å². The highest BCUT2D eigenvalue weighted by Crippen LogP contribution is 2.48. The van der Waals surface area contributed by atoms with Crippen LogP contribution in [0, 0.1) is 6.92 Å². The van der Waals surface area contributed by atoms with Gasteiger partial charge in [-0.25, -0.2) is 8.42 Å². The molecular formula is C23H26ClN3O4S. The summed E-state index contributed by atoms with van der Waals surface area (Å²) < 4.78 is 31.6. The Morgan fingerprint density at radius 3 is 2.69 bits per heavy atom. The Morgan fingerprint density at radius 2 is 2.00 bits per heavy atom. The third kappa shape index (κ3) is 3.40. The first kappa shape index (κ1) is 22.7. The fraction of sp³-hybridized carbons (Fsp3) is 0.435. The van der Waals surface area contributed by atoms with Gasteiger partial charge in [0.2, 0.25) is 0 Å². The first-order valence-electron chi connectivity index (χ1n) is 10.4. The van der Waals surface area contributed by atoms with E-state index in [0.29, 0.717) is 39.6 Å². The van der Waals surface area contributed by atoms with Crippen molar-refractivity contribution in [2.24, 2.45) is 10.7 Å². The highest BCUT2D eigenvalue weighted by Gasteiger charge is 2.57. The number of benzene rings is 1. The Hall–Kier alpha value is -2.45. The van der Waals surface area contributed by atoms with Crippen LogP contribution < -0.4 is 10.5 Å². The Bertz CT molecular complexity index is 1260. The number of nitrogens with zero attached hydrogens (tertiary/aromatic N) is 2. The van der Waals surface area contributed by atoms with Gasteiger partial charge in [-0.2, -0.15) is 0 Å². The van der Waals surface area contributed by atoms with Crippen LogP contribution in [0.1, 0.15) is 54.4 Å². The van der Waals surface area contributed by atoms with Gasteiger partial charge in [0.1, 0.15) is 27.6 Å². The largest absolute Gasteiger partial charge is 0.493 e. The van der Waals surface area contributed by atoms with Gasteiger partial charge in [0, 0.05) is 24.6 Å². The maximum Gasteiger partial charge on any atom is 0.185 e. The van der Waals surface area contributed by atoms with Gasteiger partial charge in [-0.05, 0) is 57.0 Å². The van der Waals surface area contributed by atoms with Crippen molar-refractivity contribution in [3.8, 4) is 5.75 Å². The number of Topliss-reactive ketones (excluding diaryl/α,β-unsaturated/α-hetero) is 1. The summed E-state index contributed by atoms with van der Waals surface area (Å²) in [6.45, 7) is 6.99. The number of rotatable bonds is 3. The van der Waals surface area contributed by atoms with E-state index in [4.69, 9.17) is 27.1 Å². The zero-order chi connectivity index (χ0) is 23.5. The van der Waals surface area contributed by atoms with Crippen molar-refractivity contribution in [1.82, 2.24) is 4.98 Å². The predicted molar refractivity (Wildman–Crippen MR) is 124 cm³/mol. The molecule has 32 heavy (non-hydrogen) atoms. The number of nitrogens with two attached hydrogens (primary N) is 1. The molecule has 0 saturated heterocycles. The van der Waals surface area contributed by atoms with Gasteiger partial charge in [0.15, 0.2) is 15.6 Å². The summed E-state index contributed by atoms with van der Waals surface area (Å²) in [6, 6.07) is 7.08. The van der Waals surface area contributed by atoms with Crippen molar-refractivity contribution in [3.05, 3.63) is 57.9 Å². The number of aromatic nitrogens is 1. The van der Waals surface area contributed by atoms with E-state index in [0.717, 1.165) is 0 Å². The average molecular weight is 476 g/mol. The monoisotopic (exact) mass is 475 g/mol. The lowest BCUT2D eigenvalue weighted by Crippen LogP contribution is -2.59. The Morgan fingerprint density at radius 1 is 1.28 bits per heavy atom. The Labute approximate surface area is 193 Å². The summed E-state index contributed by atoms with van der Waals surface area (Å²) in [6.07, 6.45) is 1.85. The van der Waals surface area contributed by atoms with E-state index in [-0.39, 0.29) is 24.6 Å². The number of aryl methyl sites for hydroxylation is 1. The molecule has 0 spiro atoms. The van der Waals surface area contributed by atoms with E-state index in [1.165, 1.54) is 6.20 Å². The summed E-state index contributed by atoms with van der Waals surface area (Å²) in [7, 11) is -3.65. The van der Waals surface area contributed by atoms with Crippen LogP contribution in [-0.2, 0) is 21.8 Å². The number of carbonyl (C=O) groups is 1. The standard InChI is InChI=1S/C23H26ClN3O4S/c1-13-9-15(24)12-26-20(13)17(28)11-14-5-6-18-16(10-14)23(4)19(7-8-31-18)32(29,30)22(2,3)21(25)27-23/h5-6,9-10,12,19H,7-8,11H2,1-4H3,(H2,25,27)/t19-,23-/m1/s1. The second kappa shape index (κ2) is 7.56. The van der Waals surface area contributed by atoms with E-state index >= 15 is 0 Å². The van der Waals surface area contributed by atoms with E-state index in [9.17, 15) is 13.2 Å². The molecule has 2 N–H and O–H groups in total. The number of ketones is 1. The first-order valence-corrected chi connectivity index (χ1v) is 12.3. The van der Waals surface area contributed by atoms with E-state index < -0.39 is 25.4 Å². The SMILES string of the molecule is Cc1cc(Cl)cnc1C(=O)Cc1ccc2c(c1)[C@@]1(C)N=C(N)C(C)(C)S(=O)(=O)[C@@H]1CCO2. The molecule has 0 amide bonds. The van der Waals surface area contributed by atoms with Crippen molar-refractivity contribution >= 4 is 33.1 Å². The van der Waals surface area contributed by atoms with Gasteiger partial charge < -0.3 is 10.5 Å². The third-order valence-corrected chi connectivity index (χ3v) is 9.87. The molecule has 7 nitrogen and oxygen atoms in total. The zero-order valence-corrected chi connectivity index (χ0v) is 20.0. The fourth-order valence-corrected chi connectivity index (χ4v) is 6.97. The number of ether oxygens (including phenoxy) is 1. The third-order valence-electron chi connectivity index (χ3n) is 6.58. The number of carbonyl (C=O) groups excluding carboxylic acids is 1. The van der Waals surface area contributed by atoms with Gasteiger partial charge in [-0.3, -0.25) is 14.8 Å². The Kier molecular flexibility index (Phi) is 5.37. The summed E-state index contributed by atoms with van der Waals surface area (Å²) in [5, 5.41) is -0.318. The minimum Gasteiger partial charge on any atom is -0.493 e. The number of amidine groups is 1. The molecule has 0 radical (unpaired) electrons. The molecule has 9 heteroatoms. The lowest BCUT2D eigenvalue weighted by Gasteiger charge is -2.43. The molecule has 1 aromatic heterocycles. The van der Waals surface area contributed by atoms with Crippen molar-refractivity contribution < 1.29 is 17.9 Å². The predicted octanol–water partition coefficient (Wildman–Crippen LogP) is 3.40. The van der Waals surface area contributed by atoms with Crippen molar-refractivity contribution in [2.45, 2.75) is 56.1 Å². The van der Waals surface area contributed by atoms with Crippen molar-refractivity contribution in [2.75, 3.05) is 6.61 Å². The van der Waals surface area contributed by atoms with E-state index in [2.05, 4.69) is 4.98 Å². The van der Waals surface area contributed by atoms with Crippen LogP contribution in [0.5, 0.6) is 5.75 Å². The molecule has 1 aromatic carbocycles. The molecule has 3 heterocycles. The molecule has 0 saturated carbocycles. The molecule has 0 bridgehead atoms. The molecule has 0 aliphatic carbocycles. The first-order chi connectivity index (χ1) is 14.9. The van der Waals surface area contributed by atoms with Crippen LogP contribution in [0.2, 0.25) is 5.02 Å². The second-order valence-electron chi connectivity index (χ2n) is 9.08. The molecule has 2 aromatic rings. The molecule has 4 rings (SSSR count). The van der Waals surface area contributed by atoms with Crippen molar-refractivity contribution in [1.29, 1.82) is 0 Å². The van der Waals surface area contributed by atoms with Crippen LogP contribution >= 0.6 is 11.6 Å². The van der Waals surface area contributed by atoms with Gasteiger partial charge in [0.25, 0.3) is 0 Å². The molecule has 2 atom stereocenters. The summed E-state index contributed by atoms with van der Waals surface area (Å²) >= 11 is 5.95. The Balaban J connectivity index is 1.79. The molecule has 170 valence electrons. The summed E-state index contributed by atoms with van der Waals surface area (Å²) in [4.78, 5) is 21.8. The molecule has 0 fully saturated rings. The lowest BCUT2D eigenvalue weighted by atomic mass is 9.85. The molecule has 2 aliphatic heterocycles. The lowest BCUT2D eigenvalue weighted by molar-refractivity contribution is 0.0987. The molecular weight excluding hydrogens is 450 g/mol. The highest BCUT2D eigenvalue weighted by atomic mass is 35.5. The van der Waals surface area contributed by atoms with Gasteiger partial charge >= 0.3 is 0 Å². The number of fused-ring (bicyclic) bond motifs is 3. The van der Waals surface area contributed by atoms with Crippen LogP contribution in [0.15, 0.2) is 35.5 Å². The normalized spacial score (nSPS) is 25.5. The molecule has 2 aliphatic rings. The number of hydrogen-bond donors (Lipinski definition) is 1. The smallest absolute Gasteiger partial charge is 0.185 e. The van der Waals surface area contributed by atoms with Crippen LogP contribution in [0.3, 0.4) is 0 Å². The van der Waals surface area contributed by atoms with Crippen molar-refractivity contribution in [3.63, 3.8) is 0 Å². The minimum absolute atomic E-state index is 0.0755. The zero-order valence-electron chi connectivity index (χ0n) is 18.5. The van der Waals surface area contributed by atoms with Crippen LogP contribution in [0.25, 0.3) is 0 Å². The maximum absolute atomic E-state index is 13.5. The number of pyridine rings is 1. The van der Waals surface area contributed by atoms with Gasteiger partial charge in [-0.15, -0.1) is 0 Å². The summed E-state index contributed by atoms with van der Waals surface area (Å²) in [5.74, 6) is 0.473.